The topological polar surface area (TPSA) is 54.6 Å². The second kappa shape index (κ2) is 6.32. The molecule has 1 saturated heterocycles. The highest BCUT2D eigenvalue weighted by atomic mass is 16.5. The van der Waals surface area contributed by atoms with Gasteiger partial charge in [0.15, 0.2) is 0 Å². The highest BCUT2D eigenvalue weighted by molar-refractivity contribution is 5.85. The van der Waals surface area contributed by atoms with Gasteiger partial charge in [0.1, 0.15) is 6.10 Å². The summed E-state index contributed by atoms with van der Waals surface area (Å²) in [6, 6.07) is 8.79. The summed E-state index contributed by atoms with van der Waals surface area (Å²) in [6.07, 6.45) is 5.45. The van der Waals surface area contributed by atoms with Gasteiger partial charge in [0.2, 0.25) is 0 Å². The van der Waals surface area contributed by atoms with Crippen molar-refractivity contribution in [3.05, 3.63) is 47.9 Å². The molecule has 3 heterocycles. The second-order valence-electron chi connectivity index (χ2n) is 6.49. The largest absolute Gasteiger partial charge is 0.504 e. The van der Waals surface area contributed by atoms with Crippen LogP contribution in [0.15, 0.2) is 36.6 Å². The van der Waals surface area contributed by atoms with E-state index in [0.29, 0.717) is 6.04 Å². The number of benzene rings is 1. The maximum Gasteiger partial charge on any atom is 0.334 e. The van der Waals surface area contributed by atoms with Crippen molar-refractivity contribution >= 4 is 16.9 Å². The van der Waals surface area contributed by atoms with Crippen LogP contribution in [-0.4, -0.2) is 42.2 Å². The number of H-pyrrole nitrogens is 1. The predicted molar refractivity (Wildman–Crippen MR) is 91.6 cm³/mol. The highest BCUT2D eigenvalue weighted by Crippen LogP contribution is 2.39. The van der Waals surface area contributed by atoms with Crippen LogP contribution in [0.4, 0.5) is 0 Å². The van der Waals surface area contributed by atoms with E-state index in [0.717, 1.165) is 32.4 Å². The fourth-order valence-electron chi connectivity index (χ4n) is 4.01. The van der Waals surface area contributed by atoms with E-state index in [1.54, 1.807) is 0 Å². The smallest absolute Gasteiger partial charge is 0.334 e. The van der Waals surface area contributed by atoms with E-state index >= 15 is 0 Å². The van der Waals surface area contributed by atoms with Crippen molar-refractivity contribution in [2.45, 2.75) is 31.4 Å². The minimum atomic E-state index is -0.331. The molecule has 5 heteroatoms. The molecule has 24 heavy (non-hydrogen) atoms. The number of aromatic amines is 1. The molecule has 0 amide bonds. The summed E-state index contributed by atoms with van der Waals surface area (Å²) in [7, 11) is 1.52. The van der Waals surface area contributed by atoms with Gasteiger partial charge in [-0.1, -0.05) is 18.2 Å². The Morgan fingerprint density at radius 3 is 3.08 bits per heavy atom. The first-order valence-corrected chi connectivity index (χ1v) is 8.49. The van der Waals surface area contributed by atoms with E-state index in [9.17, 15) is 4.79 Å². The minimum absolute atomic E-state index is 0.0439. The average molecular weight is 326 g/mol. The Hall–Kier alpha value is -2.27. The fourth-order valence-corrected chi connectivity index (χ4v) is 4.01. The van der Waals surface area contributed by atoms with Crippen molar-refractivity contribution in [1.29, 1.82) is 0 Å². The predicted octanol–water partition coefficient (Wildman–Crippen LogP) is 2.93. The van der Waals surface area contributed by atoms with Crippen molar-refractivity contribution in [3.63, 3.8) is 0 Å². The van der Waals surface area contributed by atoms with Gasteiger partial charge in [-0.3, -0.25) is 4.90 Å². The molecule has 1 fully saturated rings. The molecule has 2 unspecified atom stereocenters. The van der Waals surface area contributed by atoms with E-state index in [-0.39, 0.29) is 12.1 Å². The molecule has 1 aromatic heterocycles. The fraction of sp³-hybridized carbons (Fsp3) is 0.421. The molecular weight excluding hydrogens is 304 g/mol. The number of nitrogens with zero attached hydrogens (tertiary/aromatic N) is 1. The van der Waals surface area contributed by atoms with Crippen molar-refractivity contribution in [3.8, 4) is 0 Å². The molecule has 2 aliphatic rings. The number of ether oxygens (including phenoxy) is 2. The summed E-state index contributed by atoms with van der Waals surface area (Å²) in [4.78, 5) is 17.9. The van der Waals surface area contributed by atoms with E-state index in [1.807, 2.05) is 0 Å². The van der Waals surface area contributed by atoms with Gasteiger partial charge < -0.3 is 14.5 Å². The third-order valence-electron chi connectivity index (χ3n) is 5.12. The molecule has 2 atom stereocenters. The Kier molecular flexibility index (Phi) is 4.02. The number of aromatic nitrogens is 1. The molecule has 0 saturated carbocycles. The SMILES string of the molecule is COC=CC(=O)OC1CCN2CCc3c([nH]c4ccccc34)C2C1. The number of piperidine rings is 1. The molecule has 2 aromatic rings. The Morgan fingerprint density at radius 2 is 2.21 bits per heavy atom. The third-order valence-corrected chi connectivity index (χ3v) is 5.12. The van der Waals surface area contributed by atoms with Crippen LogP contribution >= 0.6 is 0 Å². The molecule has 5 nitrogen and oxygen atoms in total. The number of rotatable bonds is 3. The average Bonchev–Trinajstić information content (AvgIpc) is 2.99. The second-order valence-corrected chi connectivity index (χ2v) is 6.49. The Bertz CT molecular complexity index is 780. The van der Waals surface area contributed by atoms with Gasteiger partial charge in [-0.25, -0.2) is 4.79 Å². The van der Waals surface area contributed by atoms with E-state index < -0.39 is 0 Å². The van der Waals surface area contributed by atoms with E-state index in [2.05, 4.69) is 34.1 Å². The molecule has 0 radical (unpaired) electrons. The number of fused-ring (bicyclic) bond motifs is 5. The van der Waals surface area contributed by atoms with Crippen LogP contribution in [0.25, 0.3) is 10.9 Å². The molecular formula is C19H22N2O3. The molecule has 0 bridgehead atoms. The summed E-state index contributed by atoms with van der Waals surface area (Å²) in [6.45, 7) is 2.04. The van der Waals surface area contributed by atoms with Gasteiger partial charge in [-0.15, -0.1) is 0 Å². The van der Waals surface area contributed by atoms with Crippen LogP contribution in [0.3, 0.4) is 0 Å². The van der Waals surface area contributed by atoms with Gasteiger partial charge in [0, 0.05) is 36.1 Å². The van der Waals surface area contributed by atoms with Gasteiger partial charge >= 0.3 is 5.97 Å². The van der Waals surface area contributed by atoms with Crippen LogP contribution in [0.2, 0.25) is 0 Å². The summed E-state index contributed by atoms with van der Waals surface area (Å²) < 4.78 is 10.4. The van der Waals surface area contributed by atoms with Gasteiger partial charge in [0.25, 0.3) is 0 Å². The van der Waals surface area contributed by atoms with Gasteiger partial charge in [-0.2, -0.15) is 0 Å². The highest BCUT2D eigenvalue weighted by Gasteiger charge is 2.36. The first-order chi connectivity index (χ1) is 11.8. The maximum atomic E-state index is 11.8. The van der Waals surface area contributed by atoms with Crippen molar-refractivity contribution in [2.24, 2.45) is 0 Å². The number of nitrogens with one attached hydrogen (secondary N) is 1. The lowest BCUT2D eigenvalue weighted by atomic mass is 9.89. The molecule has 2 aliphatic heterocycles. The zero-order chi connectivity index (χ0) is 16.5. The van der Waals surface area contributed by atoms with Crippen molar-refractivity contribution < 1.29 is 14.3 Å². The first kappa shape index (κ1) is 15.3. The molecule has 1 N–H and O–H groups in total. The quantitative estimate of drug-likeness (QED) is 0.535. The number of methoxy groups -OCH3 is 1. The van der Waals surface area contributed by atoms with Crippen molar-refractivity contribution in [1.82, 2.24) is 9.88 Å². The first-order valence-electron chi connectivity index (χ1n) is 8.49. The lowest BCUT2D eigenvalue weighted by Crippen LogP contribution is -2.43. The standard InChI is InChI=1S/C19H22N2O3/c1-23-11-8-18(22)24-13-6-9-21-10-7-15-14-4-2-3-5-16(14)20-19(15)17(21)12-13/h2-5,8,11,13,17,20H,6-7,9-10,12H2,1H3. The van der Waals surface area contributed by atoms with Gasteiger partial charge in [0.05, 0.1) is 25.5 Å². The Balaban J connectivity index is 1.56. The molecule has 4 rings (SSSR count). The maximum absolute atomic E-state index is 11.8. The molecule has 1 aromatic carbocycles. The Labute approximate surface area is 141 Å². The van der Waals surface area contributed by atoms with Crippen LogP contribution < -0.4 is 0 Å². The number of carbonyl (C=O) groups is 1. The minimum Gasteiger partial charge on any atom is -0.504 e. The van der Waals surface area contributed by atoms with Crippen LogP contribution in [0.5, 0.6) is 0 Å². The number of hydrogen-bond donors (Lipinski definition) is 1. The molecule has 126 valence electrons. The number of carbonyl (C=O) groups excluding carboxylic acids is 1. The van der Waals surface area contributed by atoms with Gasteiger partial charge in [-0.05, 0) is 24.5 Å². The molecule has 0 spiro atoms. The zero-order valence-corrected chi connectivity index (χ0v) is 13.8. The summed E-state index contributed by atoms with van der Waals surface area (Å²) in [5.41, 5.74) is 3.93. The monoisotopic (exact) mass is 326 g/mol. The number of para-hydroxylation sites is 1. The van der Waals surface area contributed by atoms with Crippen LogP contribution in [0.1, 0.15) is 30.1 Å². The number of esters is 1. The zero-order valence-electron chi connectivity index (χ0n) is 13.8. The van der Waals surface area contributed by atoms with E-state index in [4.69, 9.17) is 9.47 Å². The normalized spacial score (nSPS) is 23.9. The number of hydrogen-bond acceptors (Lipinski definition) is 4. The molecule has 0 aliphatic carbocycles. The summed E-state index contributed by atoms with van der Waals surface area (Å²) in [5, 5.41) is 1.33. The van der Waals surface area contributed by atoms with Crippen LogP contribution in [0, 0.1) is 0 Å². The lowest BCUT2D eigenvalue weighted by Gasteiger charge is -2.41. The third kappa shape index (κ3) is 2.69. The Morgan fingerprint density at radius 1 is 1.33 bits per heavy atom. The van der Waals surface area contributed by atoms with E-state index in [1.165, 1.54) is 41.6 Å². The summed E-state index contributed by atoms with van der Waals surface area (Å²) in [5.74, 6) is -0.331. The lowest BCUT2D eigenvalue weighted by molar-refractivity contribution is -0.146. The van der Waals surface area contributed by atoms with Crippen molar-refractivity contribution in [2.75, 3.05) is 20.2 Å². The van der Waals surface area contributed by atoms with Crippen LogP contribution in [-0.2, 0) is 20.7 Å². The summed E-state index contributed by atoms with van der Waals surface area (Å²) >= 11 is 0.